The van der Waals surface area contributed by atoms with Gasteiger partial charge in [-0.25, -0.2) is 4.98 Å². The lowest BCUT2D eigenvalue weighted by atomic mass is 10.1. The third-order valence-corrected chi connectivity index (χ3v) is 3.75. The fraction of sp³-hybridized carbons (Fsp3) is 0.312. The van der Waals surface area contributed by atoms with Gasteiger partial charge in [-0.05, 0) is 24.5 Å². The van der Waals surface area contributed by atoms with E-state index in [9.17, 15) is 4.79 Å². The minimum absolute atomic E-state index is 0.152. The molecule has 0 aliphatic carbocycles. The number of anilines is 1. The van der Waals surface area contributed by atoms with Crippen LogP contribution >= 0.6 is 0 Å². The SMILES string of the molecule is O=C(NC[C@@H]1CCN(c2ccccc2)C1)c1cnccn1. The number of hydrogen-bond acceptors (Lipinski definition) is 4. The molecule has 2 heterocycles. The molecule has 108 valence electrons. The lowest BCUT2D eigenvalue weighted by Gasteiger charge is -2.18. The minimum Gasteiger partial charge on any atom is -0.371 e. The molecule has 0 saturated carbocycles. The van der Waals surface area contributed by atoms with Gasteiger partial charge in [0.15, 0.2) is 0 Å². The topological polar surface area (TPSA) is 58.1 Å². The van der Waals surface area contributed by atoms with E-state index in [1.54, 1.807) is 6.20 Å². The van der Waals surface area contributed by atoms with Crippen LogP contribution in [0, 0.1) is 5.92 Å². The zero-order chi connectivity index (χ0) is 14.5. The fourth-order valence-electron chi connectivity index (χ4n) is 2.62. The summed E-state index contributed by atoms with van der Waals surface area (Å²) in [6, 6.07) is 10.4. The third-order valence-electron chi connectivity index (χ3n) is 3.75. The van der Waals surface area contributed by atoms with E-state index in [2.05, 4.69) is 44.5 Å². The van der Waals surface area contributed by atoms with Gasteiger partial charge in [-0.15, -0.1) is 0 Å². The maximum absolute atomic E-state index is 11.9. The molecule has 1 aliphatic rings. The Morgan fingerprint density at radius 1 is 1.29 bits per heavy atom. The van der Waals surface area contributed by atoms with Gasteiger partial charge < -0.3 is 10.2 Å². The molecule has 1 fully saturated rings. The van der Waals surface area contributed by atoms with Gasteiger partial charge in [0.2, 0.25) is 0 Å². The van der Waals surface area contributed by atoms with Crippen molar-refractivity contribution < 1.29 is 4.79 Å². The maximum Gasteiger partial charge on any atom is 0.271 e. The van der Waals surface area contributed by atoms with Crippen LogP contribution in [0.15, 0.2) is 48.9 Å². The number of amides is 1. The van der Waals surface area contributed by atoms with Gasteiger partial charge in [0.05, 0.1) is 6.20 Å². The van der Waals surface area contributed by atoms with Gasteiger partial charge in [-0.2, -0.15) is 0 Å². The van der Waals surface area contributed by atoms with Crippen LogP contribution in [0.4, 0.5) is 5.69 Å². The molecule has 5 heteroatoms. The van der Waals surface area contributed by atoms with E-state index in [4.69, 9.17) is 0 Å². The molecule has 1 N–H and O–H groups in total. The van der Waals surface area contributed by atoms with E-state index in [1.165, 1.54) is 18.1 Å². The van der Waals surface area contributed by atoms with Crippen molar-refractivity contribution in [3.05, 3.63) is 54.6 Å². The number of benzene rings is 1. The van der Waals surface area contributed by atoms with Gasteiger partial charge in [-0.3, -0.25) is 9.78 Å². The van der Waals surface area contributed by atoms with Crippen LogP contribution in [0.5, 0.6) is 0 Å². The van der Waals surface area contributed by atoms with Crippen LogP contribution in [0.2, 0.25) is 0 Å². The molecule has 3 rings (SSSR count). The average Bonchev–Trinajstić information content (AvgIpc) is 3.03. The van der Waals surface area contributed by atoms with Crippen LogP contribution in [0.25, 0.3) is 0 Å². The predicted octanol–water partition coefficient (Wildman–Crippen LogP) is 1.73. The van der Waals surface area contributed by atoms with E-state index >= 15 is 0 Å². The molecular formula is C16H18N4O. The summed E-state index contributed by atoms with van der Waals surface area (Å²) in [4.78, 5) is 22.2. The highest BCUT2D eigenvalue weighted by atomic mass is 16.1. The summed E-state index contributed by atoms with van der Waals surface area (Å²) in [6.45, 7) is 2.69. The van der Waals surface area contributed by atoms with Crippen molar-refractivity contribution in [2.75, 3.05) is 24.5 Å². The second-order valence-corrected chi connectivity index (χ2v) is 5.24. The molecule has 5 nitrogen and oxygen atoms in total. The first-order valence-electron chi connectivity index (χ1n) is 7.17. The van der Waals surface area contributed by atoms with Crippen molar-refractivity contribution in [1.29, 1.82) is 0 Å². The first-order chi connectivity index (χ1) is 10.3. The Hall–Kier alpha value is -2.43. The Labute approximate surface area is 124 Å². The molecule has 2 aromatic rings. The lowest BCUT2D eigenvalue weighted by Crippen LogP contribution is -2.31. The summed E-state index contributed by atoms with van der Waals surface area (Å²) in [5.41, 5.74) is 1.62. The quantitative estimate of drug-likeness (QED) is 0.928. The number of carbonyl (C=O) groups is 1. The lowest BCUT2D eigenvalue weighted by molar-refractivity contribution is 0.0943. The Morgan fingerprint density at radius 3 is 2.90 bits per heavy atom. The van der Waals surface area contributed by atoms with E-state index < -0.39 is 0 Å². The summed E-state index contributed by atoms with van der Waals surface area (Å²) >= 11 is 0. The molecular weight excluding hydrogens is 264 g/mol. The van der Waals surface area contributed by atoms with Crippen LogP contribution in [-0.2, 0) is 0 Å². The Kier molecular flexibility index (Phi) is 4.09. The van der Waals surface area contributed by atoms with Gasteiger partial charge in [0.25, 0.3) is 5.91 Å². The Bertz CT molecular complexity index is 588. The number of hydrogen-bond donors (Lipinski definition) is 1. The van der Waals surface area contributed by atoms with Gasteiger partial charge in [0.1, 0.15) is 5.69 Å². The number of para-hydroxylation sites is 1. The zero-order valence-electron chi connectivity index (χ0n) is 11.8. The van der Waals surface area contributed by atoms with E-state index in [0.717, 1.165) is 19.5 Å². The molecule has 1 saturated heterocycles. The van der Waals surface area contributed by atoms with E-state index in [1.807, 2.05) is 6.07 Å². The predicted molar refractivity (Wildman–Crippen MR) is 81.1 cm³/mol. The van der Waals surface area contributed by atoms with Gasteiger partial charge in [0, 0.05) is 37.7 Å². The molecule has 1 aromatic heterocycles. The van der Waals surface area contributed by atoms with Crippen LogP contribution < -0.4 is 10.2 Å². The number of nitrogens with one attached hydrogen (secondary N) is 1. The molecule has 1 aliphatic heterocycles. The molecule has 1 aromatic carbocycles. The van der Waals surface area contributed by atoms with Gasteiger partial charge in [-0.1, -0.05) is 18.2 Å². The summed E-state index contributed by atoms with van der Waals surface area (Å²) in [6.07, 6.45) is 5.67. The third kappa shape index (κ3) is 3.37. The largest absolute Gasteiger partial charge is 0.371 e. The minimum atomic E-state index is -0.152. The van der Waals surface area contributed by atoms with Crippen LogP contribution in [-0.4, -0.2) is 35.5 Å². The fourth-order valence-corrected chi connectivity index (χ4v) is 2.62. The maximum atomic E-state index is 11.9. The normalized spacial score (nSPS) is 17.7. The molecule has 0 radical (unpaired) electrons. The Balaban J connectivity index is 1.50. The first kappa shape index (κ1) is 13.5. The van der Waals surface area contributed by atoms with Crippen molar-refractivity contribution >= 4 is 11.6 Å². The highest BCUT2D eigenvalue weighted by molar-refractivity contribution is 5.91. The number of rotatable bonds is 4. The van der Waals surface area contributed by atoms with Crippen molar-refractivity contribution in [3.8, 4) is 0 Å². The van der Waals surface area contributed by atoms with Crippen LogP contribution in [0.1, 0.15) is 16.9 Å². The molecule has 0 unspecified atom stereocenters. The summed E-state index contributed by atoms with van der Waals surface area (Å²) < 4.78 is 0. The molecule has 0 bridgehead atoms. The molecule has 1 amide bonds. The molecule has 21 heavy (non-hydrogen) atoms. The van der Waals surface area contributed by atoms with Gasteiger partial charge >= 0.3 is 0 Å². The van der Waals surface area contributed by atoms with Crippen molar-refractivity contribution in [1.82, 2.24) is 15.3 Å². The second-order valence-electron chi connectivity index (χ2n) is 5.24. The van der Waals surface area contributed by atoms with E-state index in [0.29, 0.717) is 18.2 Å². The highest BCUT2D eigenvalue weighted by Crippen LogP contribution is 2.22. The van der Waals surface area contributed by atoms with Crippen molar-refractivity contribution in [3.63, 3.8) is 0 Å². The van der Waals surface area contributed by atoms with Crippen molar-refractivity contribution in [2.24, 2.45) is 5.92 Å². The molecule has 1 atom stereocenters. The summed E-state index contributed by atoms with van der Waals surface area (Å²) in [7, 11) is 0. The zero-order valence-corrected chi connectivity index (χ0v) is 11.8. The van der Waals surface area contributed by atoms with E-state index in [-0.39, 0.29) is 5.91 Å². The molecule has 0 spiro atoms. The number of carbonyl (C=O) groups excluding carboxylic acids is 1. The van der Waals surface area contributed by atoms with Crippen molar-refractivity contribution in [2.45, 2.75) is 6.42 Å². The number of nitrogens with zero attached hydrogens (tertiary/aromatic N) is 3. The second kappa shape index (κ2) is 6.35. The first-order valence-corrected chi connectivity index (χ1v) is 7.17. The summed E-state index contributed by atoms with van der Waals surface area (Å²) in [5, 5.41) is 2.94. The monoisotopic (exact) mass is 282 g/mol. The highest BCUT2D eigenvalue weighted by Gasteiger charge is 2.23. The standard InChI is InChI=1S/C16H18N4O/c21-16(15-11-17-7-8-18-15)19-10-13-6-9-20(12-13)14-4-2-1-3-5-14/h1-5,7-8,11,13H,6,9-10,12H2,(H,19,21)/t13-/m0/s1. The van der Waals surface area contributed by atoms with Crippen LogP contribution in [0.3, 0.4) is 0 Å². The smallest absolute Gasteiger partial charge is 0.271 e. The Morgan fingerprint density at radius 2 is 2.14 bits per heavy atom. The average molecular weight is 282 g/mol. The summed E-state index contributed by atoms with van der Waals surface area (Å²) in [5.74, 6) is 0.326. The number of aromatic nitrogens is 2.